The Labute approximate surface area is 151 Å². The smallest absolute Gasteiger partial charge is 0.186 e. The fourth-order valence-corrected chi connectivity index (χ4v) is 2.78. The Kier molecular flexibility index (Phi) is 6.02. The minimum Gasteiger partial charge on any atom is -0.394 e. The van der Waals surface area contributed by atoms with Crippen molar-refractivity contribution in [1.82, 2.24) is 10.5 Å². The summed E-state index contributed by atoms with van der Waals surface area (Å²) in [6.07, 6.45) is -3.57. The molecule has 0 unspecified atom stereocenters. The largest absolute Gasteiger partial charge is 0.394 e. The standard InChI is InChI=1S/C15H19BrN2O7/c16-7-1-2-9(17-4-7)10-3-8(25-18-10)6-23-15-14(22)13(21)12(20)11(5-19)24-15/h1-4,8,11-15,18-22H,5-6H2/t8-,11+,12+,13-,14+,15+/m0/s1. The molecule has 2 aliphatic heterocycles. The Morgan fingerprint density at radius 3 is 2.68 bits per heavy atom. The SMILES string of the molecule is OC[C@H]1O[C@@H](OC[C@@H]2C=C(c3ccc(Br)cn3)NO2)[C@H](O)[C@@H](O)[C@@H]1O. The quantitative estimate of drug-likeness (QED) is 0.404. The fraction of sp³-hybridized carbons (Fsp3) is 0.533. The zero-order valence-electron chi connectivity index (χ0n) is 13.0. The lowest BCUT2D eigenvalue weighted by Gasteiger charge is -2.39. The number of hydroxylamine groups is 1. The van der Waals surface area contributed by atoms with Gasteiger partial charge in [-0.3, -0.25) is 15.3 Å². The number of pyridine rings is 1. The van der Waals surface area contributed by atoms with Gasteiger partial charge in [-0.25, -0.2) is 0 Å². The molecule has 138 valence electrons. The first-order valence-electron chi connectivity index (χ1n) is 7.67. The van der Waals surface area contributed by atoms with Gasteiger partial charge in [0.2, 0.25) is 0 Å². The molecule has 0 aliphatic carbocycles. The highest BCUT2D eigenvalue weighted by Gasteiger charge is 2.44. The first-order chi connectivity index (χ1) is 12.0. The molecule has 10 heteroatoms. The summed E-state index contributed by atoms with van der Waals surface area (Å²) < 4.78 is 11.6. The number of nitrogens with zero attached hydrogens (tertiary/aromatic N) is 1. The number of halogens is 1. The maximum atomic E-state index is 9.92. The summed E-state index contributed by atoms with van der Waals surface area (Å²) in [5, 5.41) is 38.5. The normalized spacial score (nSPS) is 35.3. The minimum atomic E-state index is -1.48. The highest BCUT2D eigenvalue weighted by molar-refractivity contribution is 9.10. The molecule has 6 atom stereocenters. The predicted octanol–water partition coefficient (Wildman–Crippen LogP) is -1.10. The second kappa shape index (κ2) is 8.06. The summed E-state index contributed by atoms with van der Waals surface area (Å²) in [6, 6.07) is 3.66. The third-order valence-corrected chi connectivity index (χ3v) is 4.42. The van der Waals surface area contributed by atoms with E-state index in [1.165, 1.54) is 0 Å². The van der Waals surface area contributed by atoms with Gasteiger partial charge in [0.1, 0.15) is 30.5 Å². The van der Waals surface area contributed by atoms with Crippen molar-refractivity contribution in [3.8, 4) is 0 Å². The van der Waals surface area contributed by atoms with Crippen LogP contribution in [0.5, 0.6) is 0 Å². The molecule has 1 aromatic rings. The molecule has 9 nitrogen and oxygen atoms in total. The molecule has 3 rings (SSSR count). The molecule has 1 fully saturated rings. The number of aliphatic hydroxyl groups excluding tert-OH is 4. The Bertz CT molecular complexity index is 612. The van der Waals surface area contributed by atoms with Crippen LogP contribution in [0.1, 0.15) is 5.69 Å². The van der Waals surface area contributed by atoms with Gasteiger partial charge in [-0.1, -0.05) is 0 Å². The van der Waals surface area contributed by atoms with E-state index in [9.17, 15) is 15.3 Å². The second-order valence-electron chi connectivity index (χ2n) is 5.73. The van der Waals surface area contributed by atoms with E-state index in [1.54, 1.807) is 12.3 Å². The van der Waals surface area contributed by atoms with Crippen LogP contribution in [-0.2, 0) is 14.3 Å². The number of hydrogen-bond acceptors (Lipinski definition) is 9. The van der Waals surface area contributed by atoms with Gasteiger partial charge in [-0.15, -0.1) is 0 Å². The van der Waals surface area contributed by atoms with Crippen molar-refractivity contribution >= 4 is 21.6 Å². The topological polar surface area (TPSA) is 134 Å². The number of nitrogens with one attached hydrogen (secondary N) is 1. The van der Waals surface area contributed by atoms with Crippen LogP contribution in [-0.4, -0.2) is 75.4 Å². The first kappa shape index (κ1) is 18.7. The van der Waals surface area contributed by atoms with Crippen molar-refractivity contribution in [1.29, 1.82) is 0 Å². The van der Waals surface area contributed by atoms with Crippen LogP contribution in [0.25, 0.3) is 5.70 Å². The van der Waals surface area contributed by atoms with Crippen molar-refractivity contribution in [2.45, 2.75) is 36.8 Å². The Morgan fingerprint density at radius 1 is 1.20 bits per heavy atom. The van der Waals surface area contributed by atoms with Crippen LogP contribution in [0.4, 0.5) is 0 Å². The lowest BCUT2D eigenvalue weighted by molar-refractivity contribution is -0.304. The van der Waals surface area contributed by atoms with E-state index in [1.807, 2.05) is 12.1 Å². The molecular formula is C15H19BrN2O7. The average molecular weight is 419 g/mol. The second-order valence-corrected chi connectivity index (χ2v) is 6.65. The maximum Gasteiger partial charge on any atom is 0.186 e. The van der Waals surface area contributed by atoms with Gasteiger partial charge < -0.3 is 29.9 Å². The lowest BCUT2D eigenvalue weighted by atomic mass is 9.99. The summed E-state index contributed by atoms with van der Waals surface area (Å²) in [7, 11) is 0. The molecule has 0 aromatic carbocycles. The van der Waals surface area contributed by atoms with E-state index < -0.39 is 43.4 Å². The summed E-state index contributed by atoms with van der Waals surface area (Å²) in [6.45, 7) is -0.485. The summed E-state index contributed by atoms with van der Waals surface area (Å²) in [5.74, 6) is 0. The van der Waals surface area contributed by atoms with Crippen molar-refractivity contribution in [3.05, 3.63) is 34.6 Å². The monoisotopic (exact) mass is 418 g/mol. The predicted molar refractivity (Wildman–Crippen MR) is 87.6 cm³/mol. The fourth-order valence-electron chi connectivity index (χ4n) is 2.54. The number of aliphatic hydroxyl groups is 4. The molecular weight excluding hydrogens is 400 g/mol. The van der Waals surface area contributed by atoms with E-state index >= 15 is 0 Å². The van der Waals surface area contributed by atoms with Gasteiger partial charge >= 0.3 is 0 Å². The molecule has 5 N–H and O–H groups in total. The van der Waals surface area contributed by atoms with Gasteiger partial charge in [0, 0.05) is 10.7 Å². The molecule has 1 aromatic heterocycles. The number of aromatic nitrogens is 1. The summed E-state index contributed by atoms with van der Waals surface area (Å²) >= 11 is 3.31. The van der Waals surface area contributed by atoms with Gasteiger partial charge in [-0.2, -0.15) is 0 Å². The first-order valence-corrected chi connectivity index (χ1v) is 8.46. The molecule has 3 heterocycles. The van der Waals surface area contributed by atoms with Crippen LogP contribution in [0.3, 0.4) is 0 Å². The zero-order chi connectivity index (χ0) is 18.0. The number of rotatable bonds is 5. The highest BCUT2D eigenvalue weighted by Crippen LogP contribution is 2.23. The Balaban J connectivity index is 1.57. The molecule has 0 saturated carbocycles. The van der Waals surface area contributed by atoms with Gasteiger partial charge in [0.15, 0.2) is 6.29 Å². The molecule has 2 aliphatic rings. The number of hydrogen-bond donors (Lipinski definition) is 5. The van der Waals surface area contributed by atoms with E-state index in [0.717, 1.165) is 4.47 Å². The summed E-state index contributed by atoms with van der Waals surface area (Å²) in [4.78, 5) is 9.60. The minimum absolute atomic E-state index is 0.0235. The maximum absolute atomic E-state index is 9.92. The average Bonchev–Trinajstić information content (AvgIpc) is 3.09. The molecule has 0 bridgehead atoms. The van der Waals surface area contributed by atoms with Crippen LogP contribution >= 0.6 is 15.9 Å². The van der Waals surface area contributed by atoms with Crippen molar-refractivity contribution in [2.24, 2.45) is 0 Å². The van der Waals surface area contributed by atoms with E-state index in [0.29, 0.717) is 11.4 Å². The Hall–Kier alpha value is -1.11. The van der Waals surface area contributed by atoms with Crippen molar-refractivity contribution < 1.29 is 34.7 Å². The van der Waals surface area contributed by atoms with E-state index in [-0.39, 0.29) is 6.61 Å². The third-order valence-electron chi connectivity index (χ3n) is 3.95. The van der Waals surface area contributed by atoms with E-state index in [4.69, 9.17) is 19.4 Å². The van der Waals surface area contributed by atoms with Crippen LogP contribution < -0.4 is 5.48 Å². The summed E-state index contributed by atoms with van der Waals surface area (Å²) in [5.41, 5.74) is 4.12. The molecule has 0 amide bonds. The van der Waals surface area contributed by atoms with Crippen LogP contribution in [0.15, 0.2) is 28.9 Å². The molecule has 0 radical (unpaired) electrons. The highest BCUT2D eigenvalue weighted by atomic mass is 79.9. The Morgan fingerprint density at radius 2 is 2.00 bits per heavy atom. The lowest BCUT2D eigenvalue weighted by Crippen LogP contribution is -2.59. The van der Waals surface area contributed by atoms with Gasteiger partial charge in [-0.05, 0) is 34.1 Å². The third kappa shape index (κ3) is 4.18. The molecule has 1 saturated heterocycles. The van der Waals surface area contributed by atoms with Gasteiger partial charge in [0.05, 0.1) is 24.6 Å². The van der Waals surface area contributed by atoms with Crippen molar-refractivity contribution in [2.75, 3.05) is 13.2 Å². The zero-order valence-corrected chi connectivity index (χ0v) is 14.6. The van der Waals surface area contributed by atoms with Gasteiger partial charge in [0.25, 0.3) is 0 Å². The van der Waals surface area contributed by atoms with Crippen molar-refractivity contribution in [3.63, 3.8) is 0 Å². The molecule has 25 heavy (non-hydrogen) atoms. The van der Waals surface area contributed by atoms with Crippen LogP contribution in [0, 0.1) is 0 Å². The number of ether oxygens (including phenoxy) is 2. The molecule has 0 spiro atoms. The van der Waals surface area contributed by atoms with Crippen LogP contribution in [0.2, 0.25) is 0 Å². The van der Waals surface area contributed by atoms with E-state index in [2.05, 4.69) is 26.4 Å².